The molecule has 1 aliphatic rings. The molecule has 0 spiro atoms. The molecule has 17 heavy (non-hydrogen) atoms. The molecule has 1 saturated heterocycles. The van der Waals surface area contributed by atoms with Crippen LogP contribution in [0.25, 0.3) is 0 Å². The number of aryl methyl sites for hydroxylation is 1. The first kappa shape index (κ1) is 12.0. The molecular weight excluding hydrogens is 247 g/mol. The molecule has 7 heteroatoms. The fourth-order valence-electron chi connectivity index (χ4n) is 1.70. The van der Waals surface area contributed by atoms with Crippen molar-refractivity contribution < 1.29 is 17.1 Å². The Kier molecular flexibility index (Phi) is 2.86. The molecule has 2 rings (SSSR count). The number of halogens is 1. The van der Waals surface area contributed by atoms with Crippen LogP contribution < -0.4 is 4.90 Å². The van der Waals surface area contributed by atoms with Gasteiger partial charge in [0.2, 0.25) is 5.91 Å². The molecule has 1 aromatic heterocycles. The molecule has 1 unspecified atom stereocenters. The third-order valence-corrected chi connectivity index (χ3v) is 3.77. The van der Waals surface area contributed by atoms with E-state index in [1.807, 2.05) is 6.92 Å². The zero-order valence-corrected chi connectivity index (χ0v) is 9.95. The fraction of sp³-hybridized carbons (Fsp3) is 0.400. The highest BCUT2D eigenvalue weighted by molar-refractivity contribution is 7.87. The number of anilines is 1. The average molecular weight is 258 g/mol. The Hall–Kier alpha value is -1.50. The molecule has 1 amide bonds. The quantitative estimate of drug-likeness (QED) is 0.736. The van der Waals surface area contributed by atoms with Crippen molar-refractivity contribution in [3.05, 3.63) is 23.9 Å². The molecule has 1 atom stereocenters. The lowest BCUT2D eigenvalue weighted by molar-refractivity contribution is -0.117. The molecule has 1 aliphatic heterocycles. The van der Waals surface area contributed by atoms with Gasteiger partial charge < -0.3 is 0 Å². The molecule has 1 fully saturated rings. The van der Waals surface area contributed by atoms with E-state index in [1.165, 1.54) is 4.90 Å². The van der Waals surface area contributed by atoms with Gasteiger partial charge in [-0.1, -0.05) is 6.07 Å². The molecule has 0 radical (unpaired) electrons. The highest BCUT2D eigenvalue weighted by Gasteiger charge is 2.39. The second kappa shape index (κ2) is 4.06. The molecule has 0 bridgehead atoms. The lowest BCUT2D eigenvalue weighted by Gasteiger charge is -2.14. The summed E-state index contributed by atoms with van der Waals surface area (Å²) in [5, 5.41) is -1.28. The first-order valence-electron chi connectivity index (χ1n) is 5.04. The van der Waals surface area contributed by atoms with Crippen LogP contribution in [0.4, 0.5) is 9.70 Å². The van der Waals surface area contributed by atoms with Crippen molar-refractivity contribution in [3.63, 3.8) is 0 Å². The van der Waals surface area contributed by atoms with Crippen LogP contribution in [-0.4, -0.2) is 31.1 Å². The van der Waals surface area contributed by atoms with E-state index in [-0.39, 0.29) is 13.0 Å². The molecule has 5 nitrogen and oxygen atoms in total. The van der Waals surface area contributed by atoms with Crippen molar-refractivity contribution in [3.8, 4) is 0 Å². The van der Waals surface area contributed by atoms with Crippen LogP contribution in [0, 0.1) is 6.92 Å². The van der Waals surface area contributed by atoms with Gasteiger partial charge in [-0.15, -0.1) is 3.89 Å². The van der Waals surface area contributed by atoms with E-state index >= 15 is 0 Å². The molecular formula is C10H11FN2O3S. The summed E-state index contributed by atoms with van der Waals surface area (Å²) in [4.78, 5) is 16.8. The monoisotopic (exact) mass is 258 g/mol. The van der Waals surface area contributed by atoms with E-state index in [2.05, 4.69) is 4.98 Å². The third kappa shape index (κ3) is 2.44. The SMILES string of the molecule is Cc1ccc(N2CC(S(=O)(=O)F)CC2=O)nc1. The van der Waals surface area contributed by atoms with Gasteiger partial charge in [0.05, 0.1) is 0 Å². The van der Waals surface area contributed by atoms with Gasteiger partial charge in [-0.3, -0.25) is 9.69 Å². The molecule has 1 aromatic rings. The van der Waals surface area contributed by atoms with Gasteiger partial charge in [-0.2, -0.15) is 8.42 Å². The normalized spacial score (nSPS) is 20.9. The van der Waals surface area contributed by atoms with E-state index in [1.54, 1.807) is 18.3 Å². The maximum Gasteiger partial charge on any atom is 0.307 e. The van der Waals surface area contributed by atoms with Crippen LogP contribution in [0.2, 0.25) is 0 Å². The van der Waals surface area contributed by atoms with E-state index in [0.29, 0.717) is 5.82 Å². The van der Waals surface area contributed by atoms with Crippen LogP contribution in [0.3, 0.4) is 0 Å². The minimum absolute atomic E-state index is 0.173. The molecule has 0 saturated carbocycles. The summed E-state index contributed by atoms with van der Waals surface area (Å²) in [6, 6.07) is 3.37. The number of hydrogen-bond acceptors (Lipinski definition) is 4. The van der Waals surface area contributed by atoms with Crippen molar-refractivity contribution in [2.75, 3.05) is 11.4 Å². The number of nitrogens with zero attached hydrogens (tertiary/aromatic N) is 2. The minimum atomic E-state index is -4.67. The summed E-state index contributed by atoms with van der Waals surface area (Å²) in [5.41, 5.74) is 0.926. The molecule has 0 N–H and O–H groups in total. The Morgan fingerprint density at radius 3 is 2.65 bits per heavy atom. The second-order valence-electron chi connectivity index (χ2n) is 4.00. The van der Waals surface area contributed by atoms with E-state index in [9.17, 15) is 17.1 Å². The summed E-state index contributed by atoms with van der Waals surface area (Å²) in [6.07, 6.45) is 1.24. The third-order valence-electron chi connectivity index (χ3n) is 2.66. The number of hydrogen-bond donors (Lipinski definition) is 0. The summed E-state index contributed by atoms with van der Waals surface area (Å²) in [7, 11) is -4.67. The summed E-state index contributed by atoms with van der Waals surface area (Å²) in [5.74, 6) is -0.0701. The predicted molar refractivity (Wildman–Crippen MR) is 59.8 cm³/mol. The molecule has 2 heterocycles. The fourth-order valence-corrected chi connectivity index (χ4v) is 2.37. The van der Waals surface area contributed by atoms with Crippen LogP contribution in [0.15, 0.2) is 18.3 Å². The zero-order chi connectivity index (χ0) is 12.6. The maximum absolute atomic E-state index is 12.8. The number of rotatable bonds is 2. The van der Waals surface area contributed by atoms with Crippen molar-refractivity contribution in [2.45, 2.75) is 18.6 Å². The topological polar surface area (TPSA) is 67.3 Å². The average Bonchev–Trinajstić information content (AvgIpc) is 2.61. The van der Waals surface area contributed by atoms with Crippen LogP contribution >= 0.6 is 0 Å². The standard InChI is InChI=1S/C10H11FN2O3S/c1-7-2-3-9(12-5-7)13-6-8(4-10(13)14)17(11,15)16/h2-3,5,8H,4,6H2,1H3. The summed E-state index contributed by atoms with van der Waals surface area (Å²) >= 11 is 0. The van der Waals surface area contributed by atoms with Crippen molar-refractivity contribution >= 4 is 21.9 Å². The highest BCUT2D eigenvalue weighted by Crippen LogP contribution is 2.24. The largest absolute Gasteiger partial charge is 0.307 e. The second-order valence-corrected chi connectivity index (χ2v) is 5.62. The van der Waals surface area contributed by atoms with Crippen molar-refractivity contribution in [2.24, 2.45) is 0 Å². The first-order valence-corrected chi connectivity index (χ1v) is 6.49. The Morgan fingerprint density at radius 2 is 2.18 bits per heavy atom. The lowest BCUT2D eigenvalue weighted by Crippen LogP contribution is -2.27. The van der Waals surface area contributed by atoms with Gasteiger partial charge >= 0.3 is 10.2 Å². The number of carbonyl (C=O) groups excluding carboxylic acids is 1. The van der Waals surface area contributed by atoms with Gasteiger partial charge in [-0.25, -0.2) is 4.98 Å². The van der Waals surface area contributed by atoms with Crippen molar-refractivity contribution in [1.82, 2.24) is 4.98 Å². The Labute approximate surface area is 98.5 Å². The zero-order valence-electron chi connectivity index (χ0n) is 9.13. The minimum Gasteiger partial charge on any atom is -0.295 e. The first-order chi connectivity index (χ1) is 7.88. The Balaban J connectivity index is 2.24. The predicted octanol–water partition coefficient (Wildman–Crippen LogP) is 0.795. The van der Waals surface area contributed by atoms with Crippen LogP contribution in [0.1, 0.15) is 12.0 Å². The number of carbonyl (C=O) groups is 1. The highest BCUT2D eigenvalue weighted by atomic mass is 32.3. The number of aromatic nitrogens is 1. The van der Waals surface area contributed by atoms with Gasteiger partial charge in [0.1, 0.15) is 11.1 Å². The van der Waals surface area contributed by atoms with Crippen molar-refractivity contribution in [1.29, 1.82) is 0 Å². The maximum atomic E-state index is 12.8. The van der Waals surface area contributed by atoms with E-state index in [0.717, 1.165) is 5.56 Å². The van der Waals surface area contributed by atoms with Gasteiger partial charge in [0, 0.05) is 19.2 Å². The summed E-state index contributed by atoms with van der Waals surface area (Å²) in [6.45, 7) is 1.67. The molecule has 0 aliphatic carbocycles. The summed E-state index contributed by atoms with van der Waals surface area (Å²) < 4.78 is 34.3. The van der Waals surface area contributed by atoms with Crippen LogP contribution in [-0.2, 0) is 15.0 Å². The van der Waals surface area contributed by atoms with Crippen LogP contribution in [0.5, 0.6) is 0 Å². The Bertz CT molecular complexity index is 541. The van der Waals surface area contributed by atoms with Gasteiger partial charge in [0.15, 0.2) is 0 Å². The lowest BCUT2D eigenvalue weighted by atomic mass is 10.3. The van der Waals surface area contributed by atoms with E-state index < -0.39 is 21.4 Å². The number of pyridine rings is 1. The number of amides is 1. The molecule has 0 aromatic carbocycles. The van der Waals surface area contributed by atoms with Gasteiger partial charge in [0.25, 0.3) is 0 Å². The Morgan fingerprint density at radius 1 is 1.47 bits per heavy atom. The van der Waals surface area contributed by atoms with E-state index in [4.69, 9.17) is 0 Å². The molecule has 92 valence electrons. The smallest absolute Gasteiger partial charge is 0.295 e. The van der Waals surface area contributed by atoms with Gasteiger partial charge in [-0.05, 0) is 18.6 Å².